The summed E-state index contributed by atoms with van der Waals surface area (Å²) in [5, 5.41) is 20.4. The Labute approximate surface area is 202 Å². The van der Waals surface area contributed by atoms with Gasteiger partial charge in [-0.05, 0) is 70.1 Å². The topological polar surface area (TPSA) is 127 Å². The molecule has 8 nitrogen and oxygen atoms in total. The summed E-state index contributed by atoms with van der Waals surface area (Å²) in [6.45, 7) is 0. The van der Waals surface area contributed by atoms with Gasteiger partial charge in [-0.2, -0.15) is 21.6 Å². The van der Waals surface area contributed by atoms with Crippen LogP contribution < -0.4 is 4.18 Å². The van der Waals surface area contributed by atoms with Crippen LogP contribution in [-0.2, 0) is 14.9 Å². The highest BCUT2D eigenvalue weighted by molar-refractivity contribution is 7.88. The molecule has 0 heterocycles. The highest BCUT2D eigenvalue weighted by atomic mass is 32.2. The number of ether oxygens (including phenoxy) is 1. The Bertz CT molecular complexity index is 1560. The molecular formula is C24H17F3O8S. The fourth-order valence-electron chi connectivity index (χ4n) is 3.15. The highest BCUT2D eigenvalue weighted by Crippen LogP contribution is 2.29. The van der Waals surface area contributed by atoms with Crippen molar-refractivity contribution >= 4 is 43.6 Å². The first-order valence-corrected chi connectivity index (χ1v) is 11.3. The molecule has 4 aromatic carbocycles. The Morgan fingerprint density at radius 1 is 0.861 bits per heavy atom. The van der Waals surface area contributed by atoms with Crippen LogP contribution in [0.5, 0.6) is 11.5 Å². The van der Waals surface area contributed by atoms with Gasteiger partial charge in [0.15, 0.2) is 0 Å². The van der Waals surface area contributed by atoms with Crippen LogP contribution in [0.1, 0.15) is 20.7 Å². The van der Waals surface area contributed by atoms with Crippen LogP contribution in [0.2, 0.25) is 0 Å². The molecule has 0 aliphatic carbocycles. The molecule has 4 aromatic rings. The molecule has 0 unspecified atom stereocenters. The first-order chi connectivity index (χ1) is 16.8. The number of carbonyl (C=O) groups excluding carboxylic acids is 1. The number of hydrogen-bond acceptors (Lipinski definition) is 7. The van der Waals surface area contributed by atoms with Crippen LogP contribution in [0, 0.1) is 0 Å². The molecule has 0 radical (unpaired) electrons. The van der Waals surface area contributed by atoms with Crippen molar-refractivity contribution in [2.45, 2.75) is 5.51 Å². The van der Waals surface area contributed by atoms with Crippen LogP contribution in [0.3, 0.4) is 0 Å². The summed E-state index contributed by atoms with van der Waals surface area (Å²) in [6, 6.07) is 17.4. The molecule has 4 rings (SSSR count). The summed E-state index contributed by atoms with van der Waals surface area (Å²) in [4.78, 5) is 22.2. The maximum Gasteiger partial charge on any atom is 0.534 e. The van der Waals surface area contributed by atoms with Gasteiger partial charge in [0.2, 0.25) is 0 Å². The van der Waals surface area contributed by atoms with Crippen LogP contribution in [0.25, 0.3) is 21.5 Å². The van der Waals surface area contributed by atoms with Crippen molar-refractivity contribution in [2.24, 2.45) is 0 Å². The minimum atomic E-state index is -5.72. The van der Waals surface area contributed by atoms with Gasteiger partial charge in [-0.25, -0.2) is 9.59 Å². The van der Waals surface area contributed by atoms with E-state index in [1.165, 1.54) is 37.4 Å². The third kappa shape index (κ3) is 5.84. The smallest absolute Gasteiger partial charge is 0.508 e. The summed E-state index contributed by atoms with van der Waals surface area (Å²) >= 11 is 0. The third-order valence-corrected chi connectivity index (χ3v) is 5.80. The second kappa shape index (κ2) is 10.1. The molecule has 0 bridgehead atoms. The number of aromatic hydroxyl groups is 1. The van der Waals surface area contributed by atoms with Gasteiger partial charge >= 0.3 is 27.6 Å². The van der Waals surface area contributed by atoms with Crippen LogP contribution >= 0.6 is 0 Å². The number of aromatic carboxylic acids is 1. The van der Waals surface area contributed by atoms with Gasteiger partial charge in [0.05, 0.1) is 18.2 Å². The normalized spacial score (nSPS) is 11.4. The van der Waals surface area contributed by atoms with Gasteiger partial charge in [-0.3, -0.25) is 0 Å². The maximum absolute atomic E-state index is 12.2. The minimum absolute atomic E-state index is 0.139. The number of hydrogen-bond donors (Lipinski definition) is 2. The predicted molar refractivity (Wildman–Crippen MR) is 123 cm³/mol. The Morgan fingerprint density at radius 2 is 1.53 bits per heavy atom. The van der Waals surface area contributed by atoms with Crippen molar-refractivity contribution in [1.29, 1.82) is 0 Å². The molecule has 0 aromatic heterocycles. The molecule has 0 saturated carbocycles. The van der Waals surface area contributed by atoms with Gasteiger partial charge in [0.1, 0.15) is 11.5 Å². The lowest BCUT2D eigenvalue weighted by Gasteiger charge is -2.10. The number of esters is 1. The van der Waals surface area contributed by atoms with Crippen molar-refractivity contribution in [2.75, 3.05) is 7.11 Å². The fraction of sp³-hybridized carbons (Fsp3) is 0.0833. The molecule has 0 aliphatic heterocycles. The standard InChI is InChI=1S/C13H9F3O5S.C11H8O3/c1-20-12(17)10-3-2-9-7-11(5-4-8(9)6-10)21-22(18,19)13(14,15)16;12-8-4-5-9-7(6-8)2-1-3-10(9)11(13)14/h2-7H,1H3;1-6,12H,(H,13,14). The van der Waals surface area contributed by atoms with Gasteiger partial charge < -0.3 is 19.1 Å². The lowest BCUT2D eigenvalue weighted by molar-refractivity contribution is -0.0500. The molecule has 2 N–H and O–H groups in total. The number of phenols is 1. The first kappa shape index (κ1) is 26.3. The van der Waals surface area contributed by atoms with Gasteiger partial charge in [0, 0.05) is 0 Å². The van der Waals surface area contributed by atoms with Crippen LogP contribution in [-0.4, -0.2) is 43.2 Å². The maximum atomic E-state index is 12.2. The third-order valence-electron chi connectivity index (χ3n) is 4.82. The van der Waals surface area contributed by atoms with Crippen molar-refractivity contribution in [3.63, 3.8) is 0 Å². The number of halogens is 3. The van der Waals surface area contributed by atoms with Gasteiger partial charge in [0.25, 0.3) is 0 Å². The zero-order valence-electron chi connectivity index (χ0n) is 18.3. The number of rotatable bonds is 4. The number of benzene rings is 4. The number of phenolic OH excluding ortho intramolecular Hbond substituents is 1. The Hall–Kier alpha value is -4.32. The van der Waals surface area contributed by atoms with E-state index in [-0.39, 0.29) is 16.9 Å². The average Bonchev–Trinajstić information content (AvgIpc) is 2.82. The number of carbonyl (C=O) groups is 2. The summed E-state index contributed by atoms with van der Waals surface area (Å²) in [5.41, 5.74) is -4.99. The van der Waals surface area contributed by atoms with Crippen molar-refractivity contribution in [3.8, 4) is 11.5 Å². The SMILES string of the molecule is COC(=O)c1ccc2cc(OS(=O)(=O)C(F)(F)F)ccc2c1.O=C(O)c1cccc2cc(O)ccc12. The van der Waals surface area contributed by atoms with E-state index in [0.29, 0.717) is 16.2 Å². The zero-order valence-corrected chi connectivity index (χ0v) is 19.1. The van der Waals surface area contributed by atoms with E-state index < -0.39 is 33.3 Å². The molecule has 12 heteroatoms. The summed E-state index contributed by atoms with van der Waals surface area (Å²) in [7, 11) is -4.51. The molecule has 36 heavy (non-hydrogen) atoms. The number of methoxy groups -OCH3 is 1. The molecule has 0 atom stereocenters. The van der Waals surface area contributed by atoms with Gasteiger partial charge in [-0.15, -0.1) is 0 Å². The largest absolute Gasteiger partial charge is 0.534 e. The number of fused-ring (bicyclic) bond motifs is 2. The fourth-order valence-corrected chi connectivity index (χ4v) is 3.60. The van der Waals surface area contributed by atoms with Crippen molar-refractivity contribution in [3.05, 3.63) is 83.9 Å². The highest BCUT2D eigenvalue weighted by Gasteiger charge is 2.48. The summed E-state index contributed by atoms with van der Waals surface area (Å²) < 4.78 is 67.2. The Kier molecular flexibility index (Phi) is 7.39. The van der Waals surface area contributed by atoms with E-state index in [0.717, 1.165) is 17.5 Å². The Balaban J connectivity index is 0.000000221. The number of carboxylic acids is 1. The van der Waals surface area contributed by atoms with E-state index in [1.807, 2.05) is 0 Å². The van der Waals surface area contributed by atoms with Crippen molar-refractivity contribution in [1.82, 2.24) is 0 Å². The zero-order chi connectivity index (χ0) is 26.7. The average molecular weight is 522 g/mol. The summed E-state index contributed by atoms with van der Waals surface area (Å²) in [5.74, 6) is -1.86. The van der Waals surface area contributed by atoms with E-state index in [1.54, 1.807) is 30.3 Å². The lowest BCUT2D eigenvalue weighted by Crippen LogP contribution is -2.28. The van der Waals surface area contributed by atoms with E-state index in [4.69, 9.17) is 5.11 Å². The number of alkyl halides is 3. The molecule has 0 saturated heterocycles. The van der Waals surface area contributed by atoms with Crippen LogP contribution in [0.15, 0.2) is 72.8 Å². The van der Waals surface area contributed by atoms with Crippen molar-refractivity contribution < 1.29 is 50.3 Å². The second-order valence-corrected chi connectivity index (χ2v) is 8.75. The van der Waals surface area contributed by atoms with E-state index in [2.05, 4.69) is 8.92 Å². The minimum Gasteiger partial charge on any atom is -0.508 e. The predicted octanol–water partition coefficient (Wildman–Crippen LogP) is 5.10. The van der Waals surface area contributed by atoms with Gasteiger partial charge in [-0.1, -0.05) is 24.3 Å². The monoisotopic (exact) mass is 522 g/mol. The molecule has 0 spiro atoms. The molecular weight excluding hydrogens is 505 g/mol. The van der Waals surface area contributed by atoms with E-state index in [9.17, 15) is 36.3 Å². The number of carboxylic acid groups (broad SMARTS) is 1. The molecule has 0 amide bonds. The molecule has 0 fully saturated rings. The van der Waals surface area contributed by atoms with E-state index >= 15 is 0 Å². The Morgan fingerprint density at radius 3 is 2.17 bits per heavy atom. The van der Waals surface area contributed by atoms with Crippen LogP contribution in [0.4, 0.5) is 13.2 Å². The second-order valence-electron chi connectivity index (χ2n) is 7.21. The molecule has 0 aliphatic rings. The lowest BCUT2D eigenvalue weighted by atomic mass is 10.0. The molecule has 188 valence electrons. The first-order valence-electron chi connectivity index (χ1n) is 9.90. The summed E-state index contributed by atoms with van der Waals surface area (Å²) in [6.07, 6.45) is 0. The quantitative estimate of drug-likeness (QED) is 0.215.